The minimum absolute atomic E-state index is 0.124. The summed E-state index contributed by atoms with van der Waals surface area (Å²) in [6.45, 7) is 5.03. The van der Waals surface area contributed by atoms with E-state index in [9.17, 15) is 9.59 Å². The zero-order chi connectivity index (χ0) is 15.6. The molecule has 1 aliphatic rings. The number of rotatable bonds is 3. The van der Waals surface area contributed by atoms with Gasteiger partial charge in [0.25, 0.3) is 0 Å². The summed E-state index contributed by atoms with van der Waals surface area (Å²) in [5.41, 5.74) is 6.58. The second-order valence-electron chi connectivity index (χ2n) is 5.22. The van der Waals surface area contributed by atoms with Gasteiger partial charge < -0.3 is 20.3 Å². The molecule has 1 aromatic rings. The van der Waals surface area contributed by atoms with Gasteiger partial charge in [0.15, 0.2) is 5.78 Å². The number of nitrogens with two attached hydrogens (primary N) is 1. The van der Waals surface area contributed by atoms with Crippen molar-refractivity contribution in [3.05, 3.63) is 10.4 Å². The summed E-state index contributed by atoms with van der Waals surface area (Å²) >= 11 is 1.29. The number of Topliss-reactive ketones (excluding diaryl/α,β-unsaturated/α-hetero) is 1. The molecule has 0 atom stereocenters. The van der Waals surface area contributed by atoms with Crippen LogP contribution in [0.3, 0.4) is 0 Å². The standard InChI is InChI=1S/C14H21N3O3S/c1-9(18)12-11(15)10(14(19)20-3)13(21-12)17-6-4-5-16(2)7-8-17/h4-8,15H2,1-3H3. The molecule has 0 amide bonds. The van der Waals surface area contributed by atoms with Gasteiger partial charge in [0, 0.05) is 26.6 Å². The minimum atomic E-state index is -0.483. The highest BCUT2D eigenvalue weighted by Gasteiger charge is 2.28. The number of likely N-dealkylation sites (N-methyl/N-ethyl adjacent to an activating group) is 1. The molecule has 0 saturated carbocycles. The molecule has 0 bridgehead atoms. The number of ether oxygens (including phenoxy) is 1. The molecule has 1 aliphatic heterocycles. The quantitative estimate of drug-likeness (QED) is 0.673. The van der Waals surface area contributed by atoms with Crippen LogP contribution >= 0.6 is 11.3 Å². The number of carbonyl (C=O) groups is 2. The molecule has 2 N–H and O–H groups in total. The predicted octanol–water partition coefficient (Wildman–Crippen LogP) is 1.46. The number of hydrogen-bond donors (Lipinski definition) is 1. The molecule has 0 spiro atoms. The summed E-state index contributed by atoms with van der Waals surface area (Å²) in [5, 5.41) is 0.750. The topological polar surface area (TPSA) is 75.9 Å². The van der Waals surface area contributed by atoms with Crippen molar-refractivity contribution >= 4 is 33.8 Å². The molecular weight excluding hydrogens is 290 g/mol. The molecule has 0 radical (unpaired) electrons. The zero-order valence-corrected chi connectivity index (χ0v) is 13.5. The van der Waals surface area contributed by atoms with Gasteiger partial charge in [-0.15, -0.1) is 11.3 Å². The number of nitrogens with zero attached hydrogens (tertiary/aromatic N) is 2. The third-order valence-electron chi connectivity index (χ3n) is 3.64. The Morgan fingerprint density at radius 3 is 2.57 bits per heavy atom. The summed E-state index contributed by atoms with van der Waals surface area (Å²) < 4.78 is 4.83. The third kappa shape index (κ3) is 3.19. The van der Waals surface area contributed by atoms with E-state index in [0.717, 1.165) is 37.6 Å². The van der Waals surface area contributed by atoms with Gasteiger partial charge in [0.05, 0.1) is 17.7 Å². The number of ketones is 1. The molecule has 2 heterocycles. The average Bonchev–Trinajstić information content (AvgIpc) is 2.64. The molecule has 21 heavy (non-hydrogen) atoms. The van der Waals surface area contributed by atoms with E-state index in [1.54, 1.807) is 0 Å². The molecule has 6 nitrogen and oxygen atoms in total. The van der Waals surface area contributed by atoms with E-state index >= 15 is 0 Å². The summed E-state index contributed by atoms with van der Waals surface area (Å²) in [4.78, 5) is 28.5. The van der Waals surface area contributed by atoms with Crippen LogP contribution in [0.1, 0.15) is 33.4 Å². The molecule has 2 rings (SSSR count). The first-order valence-corrected chi connectivity index (χ1v) is 7.72. The molecule has 1 aromatic heterocycles. The molecule has 1 fully saturated rings. The second-order valence-corrected chi connectivity index (χ2v) is 6.22. The maximum Gasteiger partial charge on any atom is 0.343 e. The Morgan fingerprint density at radius 2 is 1.95 bits per heavy atom. The number of thiophene rings is 1. The van der Waals surface area contributed by atoms with E-state index in [-0.39, 0.29) is 11.5 Å². The van der Waals surface area contributed by atoms with E-state index in [1.807, 2.05) is 0 Å². The third-order valence-corrected chi connectivity index (χ3v) is 5.01. The van der Waals surface area contributed by atoms with Crippen molar-refractivity contribution in [1.29, 1.82) is 0 Å². The Hall–Kier alpha value is -1.60. The fraction of sp³-hybridized carbons (Fsp3) is 0.571. The van der Waals surface area contributed by atoms with E-state index in [1.165, 1.54) is 25.4 Å². The second kappa shape index (κ2) is 6.44. The highest BCUT2D eigenvalue weighted by molar-refractivity contribution is 7.19. The summed E-state index contributed by atoms with van der Waals surface area (Å²) in [7, 11) is 3.40. The first kappa shape index (κ1) is 15.8. The number of carbonyl (C=O) groups excluding carboxylic acids is 2. The number of nitrogen functional groups attached to an aromatic ring is 1. The lowest BCUT2D eigenvalue weighted by Crippen LogP contribution is -2.29. The van der Waals surface area contributed by atoms with Gasteiger partial charge in [-0.25, -0.2) is 4.79 Å². The maximum atomic E-state index is 12.0. The highest BCUT2D eigenvalue weighted by Crippen LogP contribution is 2.39. The van der Waals surface area contributed by atoms with Crippen molar-refractivity contribution < 1.29 is 14.3 Å². The molecule has 0 aliphatic carbocycles. The Bertz CT molecular complexity index is 556. The number of methoxy groups -OCH3 is 1. The first-order valence-electron chi connectivity index (χ1n) is 6.90. The first-order chi connectivity index (χ1) is 9.95. The van der Waals surface area contributed by atoms with Crippen LogP contribution in [0, 0.1) is 0 Å². The van der Waals surface area contributed by atoms with Crippen molar-refractivity contribution in [3.8, 4) is 0 Å². The van der Waals surface area contributed by atoms with Gasteiger partial charge in [-0.05, 0) is 20.0 Å². The highest BCUT2D eigenvalue weighted by atomic mass is 32.1. The summed E-state index contributed by atoms with van der Waals surface area (Å²) in [6, 6.07) is 0. The van der Waals surface area contributed by atoms with Gasteiger partial charge in [-0.2, -0.15) is 0 Å². The fourth-order valence-electron chi connectivity index (χ4n) is 2.46. The number of anilines is 2. The van der Waals surface area contributed by atoms with Crippen molar-refractivity contribution in [2.45, 2.75) is 13.3 Å². The lowest BCUT2D eigenvalue weighted by atomic mass is 10.2. The predicted molar refractivity (Wildman–Crippen MR) is 84.4 cm³/mol. The summed E-state index contributed by atoms with van der Waals surface area (Å²) in [5.74, 6) is -0.607. The van der Waals surface area contributed by atoms with Crippen LogP contribution < -0.4 is 10.6 Å². The minimum Gasteiger partial charge on any atom is -0.465 e. The summed E-state index contributed by atoms with van der Waals surface area (Å²) in [6.07, 6.45) is 1.00. The van der Waals surface area contributed by atoms with Gasteiger partial charge in [0.1, 0.15) is 10.6 Å². The van der Waals surface area contributed by atoms with Crippen molar-refractivity contribution in [2.75, 3.05) is 51.0 Å². The lowest BCUT2D eigenvalue weighted by Gasteiger charge is -2.22. The van der Waals surface area contributed by atoms with Crippen molar-refractivity contribution in [1.82, 2.24) is 4.90 Å². The Balaban J connectivity index is 2.43. The number of hydrogen-bond acceptors (Lipinski definition) is 7. The van der Waals surface area contributed by atoms with Crippen LogP contribution in [0.25, 0.3) is 0 Å². The monoisotopic (exact) mass is 311 g/mol. The normalized spacial score (nSPS) is 16.6. The van der Waals surface area contributed by atoms with Crippen molar-refractivity contribution in [3.63, 3.8) is 0 Å². The van der Waals surface area contributed by atoms with Crippen LogP contribution in [0.15, 0.2) is 0 Å². The zero-order valence-electron chi connectivity index (χ0n) is 12.6. The molecule has 1 saturated heterocycles. The Morgan fingerprint density at radius 1 is 1.24 bits per heavy atom. The van der Waals surface area contributed by atoms with Crippen LogP contribution in [0.5, 0.6) is 0 Å². The van der Waals surface area contributed by atoms with E-state index in [0.29, 0.717) is 10.4 Å². The van der Waals surface area contributed by atoms with E-state index in [2.05, 4.69) is 16.8 Å². The lowest BCUT2D eigenvalue weighted by molar-refractivity contribution is 0.0603. The largest absolute Gasteiger partial charge is 0.465 e. The van der Waals surface area contributed by atoms with Gasteiger partial charge >= 0.3 is 5.97 Å². The molecule has 0 unspecified atom stereocenters. The SMILES string of the molecule is COC(=O)c1c(N2CCCN(C)CC2)sc(C(C)=O)c1N. The molecule has 116 valence electrons. The van der Waals surface area contributed by atoms with Crippen LogP contribution in [0.4, 0.5) is 10.7 Å². The molecule has 7 heteroatoms. The van der Waals surface area contributed by atoms with Crippen LogP contribution in [-0.4, -0.2) is 57.0 Å². The van der Waals surface area contributed by atoms with Crippen LogP contribution in [0.2, 0.25) is 0 Å². The van der Waals surface area contributed by atoms with E-state index < -0.39 is 5.97 Å². The maximum absolute atomic E-state index is 12.0. The van der Waals surface area contributed by atoms with Gasteiger partial charge in [-0.3, -0.25) is 4.79 Å². The molecular formula is C14H21N3O3S. The van der Waals surface area contributed by atoms with Gasteiger partial charge in [0.2, 0.25) is 0 Å². The van der Waals surface area contributed by atoms with Gasteiger partial charge in [-0.1, -0.05) is 0 Å². The smallest absolute Gasteiger partial charge is 0.343 e. The Labute approximate surface area is 128 Å². The Kier molecular flexibility index (Phi) is 4.84. The average molecular weight is 311 g/mol. The molecule has 0 aromatic carbocycles. The number of esters is 1. The fourth-order valence-corrected chi connectivity index (χ4v) is 3.62. The van der Waals surface area contributed by atoms with Crippen LogP contribution in [-0.2, 0) is 4.74 Å². The van der Waals surface area contributed by atoms with E-state index in [4.69, 9.17) is 10.5 Å². The van der Waals surface area contributed by atoms with Crippen molar-refractivity contribution in [2.24, 2.45) is 0 Å².